The van der Waals surface area contributed by atoms with Crippen LogP contribution in [0.1, 0.15) is 48.7 Å². The van der Waals surface area contributed by atoms with Crippen LogP contribution in [0.15, 0.2) is 0 Å². The lowest BCUT2D eigenvalue weighted by atomic mass is 9.85. The smallest absolute Gasteiger partial charge is 0.236 e. The summed E-state index contributed by atoms with van der Waals surface area (Å²) in [5.41, 5.74) is 5.88. The van der Waals surface area contributed by atoms with Crippen LogP contribution in [0.25, 0.3) is 0 Å². The molecule has 1 heterocycles. The van der Waals surface area contributed by atoms with Crippen molar-refractivity contribution in [1.29, 1.82) is 0 Å². The van der Waals surface area contributed by atoms with Crippen LogP contribution >= 0.6 is 0 Å². The van der Waals surface area contributed by atoms with Gasteiger partial charge in [0, 0.05) is 11.6 Å². The second-order valence-corrected chi connectivity index (χ2v) is 5.25. The fourth-order valence-electron chi connectivity index (χ4n) is 2.80. The summed E-state index contributed by atoms with van der Waals surface area (Å²) < 4.78 is 2.14. The zero-order valence-electron chi connectivity index (χ0n) is 11.4. The molecule has 0 atom stereocenters. The SMILES string of the molecule is Cc1nn([C@H]2CC[C@H](C(=O)NN)CC2)c(C)c1C. The highest BCUT2D eigenvalue weighted by molar-refractivity contribution is 5.77. The summed E-state index contributed by atoms with van der Waals surface area (Å²) in [5.74, 6) is 5.22. The van der Waals surface area contributed by atoms with Crippen LogP contribution in [0, 0.1) is 26.7 Å². The molecular weight excluding hydrogens is 228 g/mol. The van der Waals surface area contributed by atoms with Crippen LogP contribution in [-0.2, 0) is 4.79 Å². The molecule has 0 aromatic carbocycles. The van der Waals surface area contributed by atoms with E-state index < -0.39 is 0 Å². The molecule has 18 heavy (non-hydrogen) atoms. The Kier molecular flexibility index (Phi) is 3.71. The Morgan fingerprint density at radius 3 is 2.33 bits per heavy atom. The van der Waals surface area contributed by atoms with Gasteiger partial charge in [0.25, 0.3) is 0 Å². The van der Waals surface area contributed by atoms with Gasteiger partial charge in [0.05, 0.1) is 11.7 Å². The first-order valence-corrected chi connectivity index (χ1v) is 6.57. The first kappa shape index (κ1) is 13.1. The zero-order valence-corrected chi connectivity index (χ0v) is 11.4. The molecular formula is C13H22N4O. The number of aryl methyl sites for hydroxylation is 1. The Morgan fingerprint density at radius 2 is 1.89 bits per heavy atom. The van der Waals surface area contributed by atoms with E-state index in [9.17, 15) is 4.79 Å². The minimum absolute atomic E-state index is 0.0296. The Balaban J connectivity index is 2.05. The van der Waals surface area contributed by atoms with E-state index in [-0.39, 0.29) is 11.8 Å². The van der Waals surface area contributed by atoms with Crippen molar-refractivity contribution in [3.63, 3.8) is 0 Å². The lowest BCUT2D eigenvalue weighted by Gasteiger charge is -2.28. The second-order valence-electron chi connectivity index (χ2n) is 5.25. The summed E-state index contributed by atoms with van der Waals surface area (Å²) in [4.78, 5) is 11.5. The number of hydrogen-bond acceptors (Lipinski definition) is 3. The molecule has 5 nitrogen and oxygen atoms in total. The Bertz CT molecular complexity index is 444. The number of amides is 1. The molecule has 5 heteroatoms. The third kappa shape index (κ3) is 2.27. The number of nitrogens with two attached hydrogens (primary N) is 1. The van der Waals surface area contributed by atoms with Gasteiger partial charge in [-0.2, -0.15) is 5.10 Å². The molecule has 0 bridgehead atoms. The van der Waals surface area contributed by atoms with Crippen LogP contribution in [0.4, 0.5) is 0 Å². The van der Waals surface area contributed by atoms with Gasteiger partial charge in [-0.25, -0.2) is 5.84 Å². The normalized spacial score (nSPS) is 24.0. The van der Waals surface area contributed by atoms with Crippen molar-refractivity contribution >= 4 is 5.91 Å². The third-order valence-corrected chi connectivity index (χ3v) is 4.24. The van der Waals surface area contributed by atoms with Gasteiger partial charge in [0.2, 0.25) is 5.91 Å². The highest BCUT2D eigenvalue weighted by atomic mass is 16.2. The van der Waals surface area contributed by atoms with Crippen molar-refractivity contribution in [2.45, 2.75) is 52.5 Å². The highest BCUT2D eigenvalue weighted by Crippen LogP contribution is 2.33. The molecule has 1 amide bonds. The average Bonchev–Trinajstić information content (AvgIpc) is 2.66. The molecule has 1 aromatic heterocycles. The lowest BCUT2D eigenvalue weighted by Crippen LogP contribution is -2.37. The molecule has 1 aromatic rings. The van der Waals surface area contributed by atoms with Crippen molar-refractivity contribution in [3.8, 4) is 0 Å². The number of aromatic nitrogens is 2. The van der Waals surface area contributed by atoms with Gasteiger partial charge in [-0.15, -0.1) is 0 Å². The minimum atomic E-state index is -0.0296. The van der Waals surface area contributed by atoms with Gasteiger partial charge >= 0.3 is 0 Å². The molecule has 0 radical (unpaired) electrons. The number of hydrazine groups is 1. The molecule has 3 N–H and O–H groups in total. The second kappa shape index (κ2) is 5.10. The van der Waals surface area contributed by atoms with Gasteiger partial charge in [-0.1, -0.05) is 0 Å². The van der Waals surface area contributed by atoms with E-state index in [2.05, 4.69) is 29.1 Å². The average molecular weight is 250 g/mol. The number of carbonyl (C=O) groups excluding carboxylic acids is 1. The number of rotatable bonds is 2. The van der Waals surface area contributed by atoms with Crippen LogP contribution in [0.5, 0.6) is 0 Å². The van der Waals surface area contributed by atoms with Gasteiger partial charge in [-0.05, 0) is 52.0 Å². The topological polar surface area (TPSA) is 72.9 Å². The summed E-state index contributed by atoms with van der Waals surface area (Å²) in [7, 11) is 0. The van der Waals surface area contributed by atoms with Gasteiger partial charge in [0.15, 0.2) is 0 Å². The fraction of sp³-hybridized carbons (Fsp3) is 0.692. The number of nitrogens with one attached hydrogen (secondary N) is 1. The van der Waals surface area contributed by atoms with Crippen molar-refractivity contribution in [3.05, 3.63) is 17.0 Å². The molecule has 100 valence electrons. The minimum Gasteiger partial charge on any atom is -0.294 e. The first-order chi connectivity index (χ1) is 8.54. The summed E-state index contributed by atoms with van der Waals surface area (Å²) in [6, 6.07) is 0.430. The number of hydrogen-bond donors (Lipinski definition) is 2. The fourth-order valence-corrected chi connectivity index (χ4v) is 2.80. The summed E-state index contributed by atoms with van der Waals surface area (Å²) in [6.07, 6.45) is 3.79. The Labute approximate surface area is 108 Å². The van der Waals surface area contributed by atoms with E-state index in [1.807, 2.05) is 6.92 Å². The van der Waals surface area contributed by atoms with E-state index in [0.29, 0.717) is 6.04 Å². The first-order valence-electron chi connectivity index (χ1n) is 6.57. The molecule has 1 fully saturated rings. The van der Waals surface area contributed by atoms with Crippen LogP contribution in [-0.4, -0.2) is 15.7 Å². The molecule has 0 unspecified atom stereocenters. The molecule has 1 aliphatic rings. The van der Waals surface area contributed by atoms with Crippen molar-refractivity contribution in [2.24, 2.45) is 11.8 Å². The van der Waals surface area contributed by atoms with Crippen LogP contribution in [0.3, 0.4) is 0 Å². The van der Waals surface area contributed by atoms with E-state index in [1.54, 1.807) is 0 Å². The van der Waals surface area contributed by atoms with E-state index in [0.717, 1.165) is 31.4 Å². The standard InChI is InChI=1S/C13H22N4O/c1-8-9(2)16-17(10(8)3)12-6-4-11(5-7-12)13(18)15-14/h11-12H,4-7,14H2,1-3H3,(H,15,18)/t11-,12-. The number of carbonyl (C=O) groups is 1. The van der Waals surface area contributed by atoms with Crippen LogP contribution in [0.2, 0.25) is 0 Å². The molecule has 2 rings (SSSR count). The lowest BCUT2D eigenvalue weighted by molar-refractivity contribution is -0.126. The quantitative estimate of drug-likeness (QED) is 0.475. The van der Waals surface area contributed by atoms with E-state index >= 15 is 0 Å². The number of nitrogens with zero attached hydrogens (tertiary/aromatic N) is 2. The van der Waals surface area contributed by atoms with Crippen molar-refractivity contribution in [1.82, 2.24) is 15.2 Å². The predicted octanol–water partition coefficient (Wildman–Crippen LogP) is 1.53. The maximum atomic E-state index is 11.5. The summed E-state index contributed by atoms with van der Waals surface area (Å²) >= 11 is 0. The largest absolute Gasteiger partial charge is 0.294 e. The van der Waals surface area contributed by atoms with Crippen LogP contribution < -0.4 is 11.3 Å². The maximum absolute atomic E-state index is 11.5. The third-order valence-electron chi connectivity index (χ3n) is 4.24. The maximum Gasteiger partial charge on any atom is 0.236 e. The highest BCUT2D eigenvalue weighted by Gasteiger charge is 2.28. The zero-order chi connectivity index (χ0) is 13.3. The monoisotopic (exact) mass is 250 g/mol. The predicted molar refractivity (Wildman–Crippen MR) is 69.8 cm³/mol. The van der Waals surface area contributed by atoms with E-state index in [1.165, 1.54) is 11.3 Å². The van der Waals surface area contributed by atoms with Crippen molar-refractivity contribution in [2.75, 3.05) is 0 Å². The molecule has 0 aliphatic heterocycles. The molecule has 0 spiro atoms. The summed E-state index contributed by atoms with van der Waals surface area (Å²) in [6.45, 7) is 6.28. The Hall–Kier alpha value is -1.36. The van der Waals surface area contributed by atoms with Crippen molar-refractivity contribution < 1.29 is 4.79 Å². The van der Waals surface area contributed by atoms with Gasteiger partial charge in [-0.3, -0.25) is 14.9 Å². The molecule has 1 aliphatic carbocycles. The molecule has 0 saturated heterocycles. The Morgan fingerprint density at radius 1 is 1.28 bits per heavy atom. The van der Waals surface area contributed by atoms with Gasteiger partial charge < -0.3 is 0 Å². The molecule has 1 saturated carbocycles. The summed E-state index contributed by atoms with van der Waals surface area (Å²) in [5, 5.41) is 4.61. The van der Waals surface area contributed by atoms with E-state index in [4.69, 9.17) is 5.84 Å². The van der Waals surface area contributed by atoms with Gasteiger partial charge in [0.1, 0.15) is 0 Å².